The molecule has 0 aromatic heterocycles. The van der Waals surface area contributed by atoms with Crippen LogP contribution in [0.2, 0.25) is 5.02 Å². The molecule has 0 bridgehead atoms. The summed E-state index contributed by atoms with van der Waals surface area (Å²) in [5.74, 6) is 0. The fourth-order valence-electron chi connectivity index (χ4n) is 2.47. The zero-order valence-corrected chi connectivity index (χ0v) is 10.5. The Balaban J connectivity index is 1.94. The first-order valence-electron chi connectivity index (χ1n) is 5.84. The van der Waals surface area contributed by atoms with E-state index in [1.54, 1.807) is 0 Å². The summed E-state index contributed by atoms with van der Waals surface area (Å²) in [6.07, 6.45) is 1.04. The highest BCUT2D eigenvalue weighted by molar-refractivity contribution is 6.30. The van der Waals surface area contributed by atoms with Crippen LogP contribution in [0.4, 0.5) is 5.69 Å². The molecule has 1 nitrogen and oxygen atoms in total. The zero-order valence-electron chi connectivity index (χ0n) is 9.70. The Kier molecular flexibility index (Phi) is 2.56. The van der Waals surface area contributed by atoms with Gasteiger partial charge >= 0.3 is 0 Å². The molecule has 1 heterocycles. The Morgan fingerprint density at radius 2 is 2.00 bits per heavy atom. The first kappa shape index (κ1) is 10.7. The molecule has 0 saturated heterocycles. The third-order valence-electron chi connectivity index (χ3n) is 3.35. The van der Waals surface area contributed by atoms with E-state index in [1.165, 1.54) is 22.4 Å². The Bertz CT molecular complexity index is 563. The second-order valence-electron chi connectivity index (χ2n) is 4.57. The van der Waals surface area contributed by atoms with Gasteiger partial charge in [-0.25, -0.2) is 0 Å². The largest absolute Gasteiger partial charge is 0.377 e. The Morgan fingerprint density at radius 3 is 2.76 bits per heavy atom. The maximum absolute atomic E-state index is 6.04. The molecule has 17 heavy (non-hydrogen) atoms. The minimum absolute atomic E-state index is 0.352. The molecule has 0 amide bonds. The second kappa shape index (κ2) is 4.08. The maximum atomic E-state index is 6.04. The first-order valence-corrected chi connectivity index (χ1v) is 6.22. The number of anilines is 1. The molecule has 0 radical (unpaired) electrons. The van der Waals surface area contributed by atoms with Gasteiger partial charge in [-0.15, -0.1) is 0 Å². The van der Waals surface area contributed by atoms with Gasteiger partial charge in [0.2, 0.25) is 0 Å². The molecule has 86 valence electrons. The van der Waals surface area contributed by atoms with E-state index in [2.05, 4.69) is 36.5 Å². The molecule has 3 rings (SSSR count). The molecule has 1 aliphatic rings. The molecule has 1 aliphatic heterocycles. The van der Waals surface area contributed by atoms with Crippen molar-refractivity contribution in [3.05, 3.63) is 64.2 Å². The molecule has 2 aromatic carbocycles. The molecule has 1 unspecified atom stereocenters. The van der Waals surface area contributed by atoms with Crippen molar-refractivity contribution in [2.75, 3.05) is 5.32 Å². The van der Waals surface area contributed by atoms with Crippen molar-refractivity contribution in [2.45, 2.75) is 19.4 Å². The summed E-state index contributed by atoms with van der Waals surface area (Å²) < 4.78 is 0. The zero-order chi connectivity index (χ0) is 11.8. The summed E-state index contributed by atoms with van der Waals surface area (Å²) in [5, 5.41) is 4.39. The van der Waals surface area contributed by atoms with Crippen LogP contribution in [-0.2, 0) is 6.42 Å². The number of halogens is 1. The predicted molar refractivity (Wildman–Crippen MR) is 72.7 cm³/mol. The number of hydrogen-bond donors (Lipinski definition) is 1. The first-order chi connectivity index (χ1) is 8.24. The van der Waals surface area contributed by atoms with Crippen LogP contribution < -0.4 is 5.32 Å². The topological polar surface area (TPSA) is 12.0 Å². The molecule has 1 N–H and O–H groups in total. The predicted octanol–water partition coefficient (Wildman–Crippen LogP) is 4.36. The maximum Gasteiger partial charge on any atom is 0.0555 e. The van der Waals surface area contributed by atoms with Gasteiger partial charge in [0.05, 0.1) is 6.04 Å². The van der Waals surface area contributed by atoms with Crippen molar-refractivity contribution in [2.24, 2.45) is 0 Å². The van der Waals surface area contributed by atoms with Gasteiger partial charge in [0.15, 0.2) is 0 Å². The summed E-state index contributed by atoms with van der Waals surface area (Å²) >= 11 is 6.04. The fourth-order valence-corrected chi connectivity index (χ4v) is 2.67. The molecule has 2 heteroatoms. The van der Waals surface area contributed by atoms with Gasteiger partial charge in [-0.2, -0.15) is 0 Å². The molecular formula is C15H14ClN. The minimum Gasteiger partial charge on any atom is -0.377 e. The molecule has 0 saturated carbocycles. The van der Waals surface area contributed by atoms with Crippen molar-refractivity contribution in [3.8, 4) is 0 Å². The van der Waals surface area contributed by atoms with Crippen LogP contribution in [-0.4, -0.2) is 0 Å². The molecular weight excluding hydrogens is 230 g/mol. The molecule has 2 aromatic rings. The van der Waals surface area contributed by atoms with E-state index < -0.39 is 0 Å². The number of nitrogens with one attached hydrogen (secondary N) is 1. The third kappa shape index (κ3) is 1.91. The number of rotatable bonds is 1. The van der Waals surface area contributed by atoms with Crippen molar-refractivity contribution < 1.29 is 0 Å². The fraction of sp³-hybridized carbons (Fsp3) is 0.200. The van der Waals surface area contributed by atoms with Crippen LogP contribution in [0.3, 0.4) is 0 Å². The van der Waals surface area contributed by atoms with E-state index in [9.17, 15) is 0 Å². The lowest BCUT2D eigenvalue weighted by Gasteiger charge is -2.12. The van der Waals surface area contributed by atoms with Gasteiger partial charge in [-0.3, -0.25) is 0 Å². The SMILES string of the molecule is Cc1cccc2c1NC(c1cccc(Cl)c1)C2. The highest BCUT2D eigenvalue weighted by Crippen LogP contribution is 2.36. The average Bonchev–Trinajstić information content (AvgIpc) is 2.74. The van der Waals surface area contributed by atoms with E-state index in [-0.39, 0.29) is 0 Å². The van der Waals surface area contributed by atoms with E-state index in [4.69, 9.17) is 11.6 Å². The van der Waals surface area contributed by atoms with Crippen LogP contribution in [0.5, 0.6) is 0 Å². The summed E-state index contributed by atoms with van der Waals surface area (Å²) in [7, 11) is 0. The van der Waals surface area contributed by atoms with Crippen molar-refractivity contribution in [1.29, 1.82) is 0 Å². The lowest BCUT2D eigenvalue weighted by atomic mass is 10.0. The van der Waals surface area contributed by atoms with Gasteiger partial charge in [0.25, 0.3) is 0 Å². The Hall–Kier alpha value is -1.47. The van der Waals surface area contributed by atoms with Crippen LogP contribution in [0.25, 0.3) is 0 Å². The van der Waals surface area contributed by atoms with Gasteiger partial charge in [0.1, 0.15) is 0 Å². The third-order valence-corrected chi connectivity index (χ3v) is 3.59. The lowest BCUT2D eigenvalue weighted by Crippen LogP contribution is -2.05. The van der Waals surface area contributed by atoms with Crippen molar-refractivity contribution in [1.82, 2.24) is 0 Å². The highest BCUT2D eigenvalue weighted by Gasteiger charge is 2.22. The van der Waals surface area contributed by atoms with Crippen LogP contribution in [0.1, 0.15) is 22.7 Å². The van der Waals surface area contributed by atoms with E-state index in [0.717, 1.165) is 11.4 Å². The summed E-state index contributed by atoms with van der Waals surface area (Å²) in [5.41, 5.74) is 5.26. The second-order valence-corrected chi connectivity index (χ2v) is 5.00. The van der Waals surface area contributed by atoms with Crippen molar-refractivity contribution >= 4 is 17.3 Å². The molecule has 0 spiro atoms. The minimum atomic E-state index is 0.352. The number of para-hydroxylation sites is 1. The van der Waals surface area contributed by atoms with E-state index >= 15 is 0 Å². The van der Waals surface area contributed by atoms with Crippen LogP contribution in [0.15, 0.2) is 42.5 Å². The van der Waals surface area contributed by atoms with E-state index in [0.29, 0.717) is 6.04 Å². The highest BCUT2D eigenvalue weighted by atomic mass is 35.5. The van der Waals surface area contributed by atoms with Gasteiger partial charge in [-0.1, -0.05) is 41.9 Å². The Labute approximate surface area is 106 Å². The van der Waals surface area contributed by atoms with Gasteiger partial charge < -0.3 is 5.32 Å². The summed E-state index contributed by atoms with van der Waals surface area (Å²) in [4.78, 5) is 0. The lowest BCUT2D eigenvalue weighted by molar-refractivity contribution is 0.824. The summed E-state index contributed by atoms with van der Waals surface area (Å²) in [6, 6.07) is 14.9. The number of aryl methyl sites for hydroxylation is 1. The molecule has 0 fully saturated rings. The van der Waals surface area contributed by atoms with Crippen LogP contribution >= 0.6 is 11.6 Å². The summed E-state index contributed by atoms with van der Waals surface area (Å²) in [6.45, 7) is 2.15. The van der Waals surface area contributed by atoms with Gasteiger partial charge in [0, 0.05) is 10.7 Å². The van der Waals surface area contributed by atoms with Crippen molar-refractivity contribution in [3.63, 3.8) is 0 Å². The molecule has 1 atom stereocenters. The monoisotopic (exact) mass is 243 g/mol. The van der Waals surface area contributed by atoms with Crippen LogP contribution in [0, 0.1) is 6.92 Å². The quantitative estimate of drug-likeness (QED) is 0.785. The number of hydrogen-bond acceptors (Lipinski definition) is 1. The van der Waals surface area contributed by atoms with E-state index in [1.807, 2.05) is 18.2 Å². The standard InChI is InChI=1S/C15H14ClN/c1-10-4-2-6-12-9-14(17-15(10)12)11-5-3-7-13(16)8-11/h2-8,14,17H,9H2,1H3. The smallest absolute Gasteiger partial charge is 0.0555 e. The number of fused-ring (bicyclic) bond motifs is 1. The average molecular weight is 244 g/mol. The number of benzene rings is 2. The molecule has 0 aliphatic carbocycles. The normalized spacial score (nSPS) is 17.6. The Morgan fingerprint density at radius 1 is 1.18 bits per heavy atom. The van der Waals surface area contributed by atoms with Gasteiger partial charge in [-0.05, 0) is 42.2 Å².